The summed E-state index contributed by atoms with van der Waals surface area (Å²) >= 11 is 0. The Labute approximate surface area is 120 Å². The minimum Gasteiger partial charge on any atom is -0.427 e. The second-order valence-corrected chi connectivity index (χ2v) is 6.97. The summed E-state index contributed by atoms with van der Waals surface area (Å²) < 4.78 is 5.71. The number of nitrogens with one attached hydrogen (secondary N) is 1. The Kier molecular flexibility index (Phi) is 7.52. The summed E-state index contributed by atoms with van der Waals surface area (Å²) in [5, 5.41) is 3.60. The summed E-state index contributed by atoms with van der Waals surface area (Å²) in [5.41, 5.74) is 0.420. The third-order valence-corrected chi connectivity index (χ3v) is 4.05. The molecule has 2 unspecified atom stereocenters. The Morgan fingerprint density at radius 1 is 1.11 bits per heavy atom. The maximum Gasteiger partial charge on any atom is 0.164 e. The maximum atomic E-state index is 5.71. The second-order valence-electron chi connectivity index (χ2n) is 6.97. The van der Waals surface area contributed by atoms with Gasteiger partial charge in [0.05, 0.1) is 0 Å². The molecule has 0 aliphatic carbocycles. The zero-order valence-corrected chi connectivity index (χ0v) is 14.2. The van der Waals surface area contributed by atoms with E-state index in [1.165, 1.54) is 6.42 Å². The molecule has 0 aromatic carbocycles. The van der Waals surface area contributed by atoms with E-state index in [2.05, 4.69) is 65.8 Å². The van der Waals surface area contributed by atoms with Crippen molar-refractivity contribution >= 4 is 0 Å². The lowest BCUT2D eigenvalue weighted by Gasteiger charge is -2.35. The Morgan fingerprint density at radius 2 is 1.68 bits per heavy atom. The highest BCUT2D eigenvalue weighted by Gasteiger charge is 2.29. The molecule has 1 N–H and O–H groups in total. The monoisotopic (exact) mass is 267 g/mol. The van der Waals surface area contributed by atoms with E-state index in [9.17, 15) is 0 Å². The topological polar surface area (TPSA) is 21.3 Å². The van der Waals surface area contributed by atoms with Gasteiger partial charge in [0.15, 0.2) is 6.23 Å². The van der Waals surface area contributed by atoms with E-state index in [4.69, 9.17) is 4.74 Å². The molecule has 2 nitrogen and oxygen atoms in total. The molecule has 2 heteroatoms. The smallest absolute Gasteiger partial charge is 0.164 e. The van der Waals surface area contributed by atoms with E-state index < -0.39 is 0 Å². The van der Waals surface area contributed by atoms with Crippen LogP contribution >= 0.6 is 0 Å². The van der Waals surface area contributed by atoms with Crippen LogP contribution in [0.4, 0.5) is 0 Å². The third kappa shape index (κ3) is 7.47. The molecule has 19 heavy (non-hydrogen) atoms. The van der Waals surface area contributed by atoms with Crippen LogP contribution in [-0.2, 0) is 4.74 Å². The quantitative estimate of drug-likeness (QED) is 0.514. The number of hydrogen-bond donors (Lipinski definition) is 1. The molecule has 0 fully saturated rings. The van der Waals surface area contributed by atoms with Crippen molar-refractivity contribution in [2.24, 2.45) is 11.3 Å². The average molecular weight is 267 g/mol. The van der Waals surface area contributed by atoms with Crippen molar-refractivity contribution in [1.29, 1.82) is 0 Å². The van der Waals surface area contributed by atoms with E-state index in [1.807, 2.05) is 6.92 Å². The van der Waals surface area contributed by atoms with Crippen LogP contribution in [0, 0.1) is 23.4 Å². The third-order valence-electron chi connectivity index (χ3n) is 4.05. The molecule has 2 atom stereocenters. The van der Waals surface area contributed by atoms with Gasteiger partial charge in [-0.15, -0.1) is 0 Å². The van der Waals surface area contributed by atoms with Crippen LogP contribution in [0.25, 0.3) is 0 Å². The van der Waals surface area contributed by atoms with E-state index in [0.29, 0.717) is 11.3 Å². The standard InChI is InChI=1S/C17H33NO/c1-9-12-19-15(18-17(7,8)11-3)14(4)13-16(5,6)10-2/h14-15,18H,10-11,13H2,1-8H3. The largest absolute Gasteiger partial charge is 0.427 e. The van der Waals surface area contributed by atoms with Crippen molar-refractivity contribution in [3.63, 3.8) is 0 Å². The van der Waals surface area contributed by atoms with Crippen LogP contribution < -0.4 is 5.32 Å². The molecule has 0 rings (SSSR count). The molecule has 0 heterocycles. The van der Waals surface area contributed by atoms with Crippen molar-refractivity contribution in [2.45, 2.75) is 86.4 Å². The average Bonchev–Trinajstić information content (AvgIpc) is 2.33. The van der Waals surface area contributed by atoms with Gasteiger partial charge in [-0.3, -0.25) is 5.32 Å². The van der Waals surface area contributed by atoms with Crippen molar-refractivity contribution in [3.05, 3.63) is 0 Å². The molecule has 0 aliphatic rings. The number of ether oxygens (including phenoxy) is 1. The molecular weight excluding hydrogens is 234 g/mol. The summed E-state index contributed by atoms with van der Waals surface area (Å²) in [6.07, 6.45) is 6.14. The summed E-state index contributed by atoms with van der Waals surface area (Å²) in [5.74, 6) is 3.25. The van der Waals surface area contributed by atoms with Gasteiger partial charge in [-0.05, 0) is 32.1 Å². The first-order chi connectivity index (χ1) is 8.67. The molecular formula is C17H33NO. The first-order valence-electron chi connectivity index (χ1n) is 7.52. The van der Waals surface area contributed by atoms with Crippen LogP contribution in [0.2, 0.25) is 0 Å². The van der Waals surface area contributed by atoms with Gasteiger partial charge in [0, 0.05) is 18.4 Å². The molecule has 0 saturated carbocycles. The highest BCUT2D eigenvalue weighted by atomic mass is 16.5. The zero-order valence-electron chi connectivity index (χ0n) is 14.2. The second kappa shape index (κ2) is 7.80. The van der Waals surface area contributed by atoms with E-state index >= 15 is 0 Å². The molecule has 0 aromatic heterocycles. The zero-order chi connectivity index (χ0) is 15.1. The first-order valence-corrected chi connectivity index (χ1v) is 7.52. The van der Waals surface area contributed by atoms with Crippen LogP contribution in [0.1, 0.15) is 74.7 Å². The van der Waals surface area contributed by atoms with Crippen molar-refractivity contribution in [3.8, 4) is 12.0 Å². The molecule has 0 saturated heterocycles. The fourth-order valence-corrected chi connectivity index (χ4v) is 2.02. The van der Waals surface area contributed by atoms with Gasteiger partial charge < -0.3 is 4.74 Å². The molecule has 112 valence electrons. The van der Waals surface area contributed by atoms with E-state index in [-0.39, 0.29) is 11.8 Å². The molecule has 0 aliphatic heterocycles. The van der Waals surface area contributed by atoms with Crippen LogP contribution in [0.5, 0.6) is 0 Å². The molecule has 0 aromatic rings. The fraction of sp³-hybridized carbons (Fsp3) is 0.882. The van der Waals surface area contributed by atoms with Gasteiger partial charge in [-0.25, -0.2) is 0 Å². The SMILES string of the molecule is CC#COC(NC(C)(C)CC)C(C)CC(C)(C)CC. The Bertz CT molecular complexity index is 309. The lowest BCUT2D eigenvalue weighted by Crippen LogP contribution is -2.49. The van der Waals surface area contributed by atoms with Crippen LogP contribution in [-0.4, -0.2) is 11.8 Å². The normalized spacial score (nSPS) is 15.4. The summed E-state index contributed by atoms with van der Waals surface area (Å²) in [4.78, 5) is 0. The predicted octanol–water partition coefficient (Wildman–Crippen LogP) is 4.55. The minimum atomic E-state index is -0.00627. The fourth-order valence-electron chi connectivity index (χ4n) is 2.02. The number of rotatable bonds is 8. The Morgan fingerprint density at radius 3 is 2.11 bits per heavy atom. The summed E-state index contributed by atoms with van der Waals surface area (Å²) in [7, 11) is 0. The summed E-state index contributed by atoms with van der Waals surface area (Å²) in [6, 6.07) is 0. The highest BCUT2D eigenvalue weighted by Crippen LogP contribution is 2.31. The summed E-state index contributed by atoms with van der Waals surface area (Å²) in [6.45, 7) is 17.5. The van der Waals surface area contributed by atoms with Gasteiger partial charge in [-0.1, -0.05) is 47.0 Å². The van der Waals surface area contributed by atoms with Gasteiger partial charge in [0.1, 0.15) is 6.11 Å². The van der Waals surface area contributed by atoms with E-state index in [1.54, 1.807) is 0 Å². The molecule has 0 amide bonds. The Hall–Kier alpha value is -0.680. The van der Waals surface area contributed by atoms with Gasteiger partial charge in [-0.2, -0.15) is 0 Å². The maximum absolute atomic E-state index is 5.71. The van der Waals surface area contributed by atoms with Crippen molar-refractivity contribution in [1.82, 2.24) is 5.32 Å². The van der Waals surface area contributed by atoms with Crippen molar-refractivity contribution in [2.75, 3.05) is 0 Å². The van der Waals surface area contributed by atoms with Crippen LogP contribution in [0.3, 0.4) is 0 Å². The predicted molar refractivity (Wildman–Crippen MR) is 83.7 cm³/mol. The van der Waals surface area contributed by atoms with Gasteiger partial charge in [0.2, 0.25) is 0 Å². The van der Waals surface area contributed by atoms with Gasteiger partial charge >= 0.3 is 0 Å². The van der Waals surface area contributed by atoms with Gasteiger partial charge in [0.25, 0.3) is 0 Å². The molecule has 0 radical (unpaired) electrons. The Balaban J connectivity index is 4.77. The lowest BCUT2D eigenvalue weighted by molar-refractivity contribution is 0.0316. The first kappa shape index (κ1) is 18.3. The number of hydrogen-bond acceptors (Lipinski definition) is 2. The van der Waals surface area contributed by atoms with Crippen molar-refractivity contribution < 1.29 is 4.74 Å². The minimum absolute atomic E-state index is 0.00627. The highest BCUT2D eigenvalue weighted by molar-refractivity contribution is 4.89. The van der Waals surface area contributed by atoms with Crippen LogP contribution in [0.15, 0.2) is 0 Å². The van der Waals surface area contributed by atoms with E-state index in [0.717, 1.165) is 12.8 Å². The molecule has 0 bridgehead atoms. The molecule has 0 spiro atoms. The lowest BCUT2D eigenvalue weighted by atomic mass is 9.80.